The van der Waals surface area contributed by atoms with Crippen LogP contribution in [0.1, 0.15) is 11.1 Å². The zero-order valence-electron chi connectivity index (χ0n) is 14.0. The van der Waals surface area contributed by atoms with Crippen LogP contribution in [0.15, 0.2) is 46.9 Å². The van der Waals surface area contributed by atoms with E-state index in [0.29, 0.717) is 24.3 Å². The standard InChI is InChI=1S/C19H19BrN4O/c1-14-12-16(20)4-7-18(14)23-8-10-24(11-9-23)19(25)22-17-5-2-15(13-21)3-6-17/h2-7,12H,8-11H2,1H3,(H,22,25). The molecule has 2 aromatic rings. The lowest BCUT2D eigenvalue weighted by Gasteiger charge is -2.36. The summed E-state index contributed by atoms with van der Waals surface area (Å²) >= 11 is 3.49. The predicted molar refractivity (Wildman–Crippen MR) is 103 cm³/mol. The highest BCUT2D eigenvalue weighted by atomic mass is 79.9. The molecule has 0 saturated carbocycles. The molecule has 2 aromatic carbocycles. The van der Waals surface area contributed by atoms with Crippen LogP contribution in [0, 0.1) is 18.3 Å². The SMILES string of the molecule is Cc1cc(Br)ccc1N1CCN(C(=O)Nc2ccc(C#N)cc2)CC1. The molecule has 1 fully saturated rings. The summed E-state index contributed by atoms with van der Waals surface area (Å²) < 4.78 is 1.08. The van der Waals surface area contributed by atoms with Gasteiger partial charge in [-0.1, -0.05) is 15.9 Å². The van der Waals surface area contributed by atoms with Gasteiger partial charge in [0.25, 0.3) is 0 Å². The van der Waals surface area contributed by atoms with Gasteiger partial charge in [0, 0.05) is 42.0 Å². The van der Waals surface area contributed by atoms with E-state index in [9.17, 15) is 4.79 Å². The van der Waals surface area contributed by atoms with Crippen molar-refractivity contribution in [1.29, 1.82) is 5.26 Å². The topological polar surface area (TPSA) is 59.4 Å². The Labute approximate surface area is 156 Å². The van der Waals surface area contributed by atoms with Gasteiger partial charge in [-0.15, -0.1) is 0 Å². The van der Waals surface area contributed by atoms with Crippen molar-refractivity contribution in [2.45, 2.75) is 6.92 Å². The van der Waals surface area contributed by atoms with Gasteiger partial charge >= 0.3 is 6.03 Å². The fourth-order valence-corrected chi connectivity index (χ4v) is 3.43. The zero-order chi connectivity index (χ0) is 17.8. The first kappa shape index (κ1) is 17.3. The number of nitrogens with zero attached hydrogens (tertiary/aromatic N) is 3. The summed E-state index contributed by atoms with van der Waals surface area (Å²) in [6.07, 6.45) is 0. The third-order valence-corrected chi connectivity index (χ3v) is 4.82. The summed E-state index contributed by atoms with van der Waals surface area (Å²) in [6.45, 7) is 5.08. The number of urea groups is 1. The van der Waals surface area contributed by atoms with Crippen molar-refractivity contribution in [3.63, 3.8) is 0 Å². The molecule has 2 amide bonds. The van der Waals surface area contributed by atoms with Crippen LogP contribution in [0.5, 0.6) is 0 Å². The Hall–Kier alpha value is -2.52. The largest absolute Gasteiger partial charge is 0.368 e. The Morgan fingerprint density at radius 1 is 1.12 bits per heavy atom. The van der Waals surface area contributed by atoms with Crippen LogP contribution in [0.25, 0.3) is 0 Å². The van der Waals surface area contributed by atoms with Crippen molar-refractivity contribution in [2.24, 2.45) is 0 Å². The number of piperazine rings is 1. The molecule has 1 saturated heterocycles. The highest BCUT2D eigenvalue weighted by Gasteiger charge is 2.22. The Kier molecular flexibility index (Phi) is 5.25. The molecule has 1 heterocycles. The second kappa shape index (κ2) is 7.58. The lowest BCUT2D eigenvalue weighted by atomic mass is 10.1. The third kappa shape index (κ3) is 4.12. The summed E-state index contributed by atoms with van der Waals surface area (Å²) in [7, 11) is 0. The Morgan fingerprint density at radius 2 is 1.80 bits per heavy atom. The van der Waals surface area contributed by atoms with Gasteiger partial charge in [-0.2, -0.15) is 5.26 Å². The lowest BCUT2D eigenvalue weighted by molar-refractivity contribution is 0.208. The lowest BCUT2D eigenvalue weighted by Crippen LogP contribution is -2.50. The number of amides is 2. The number of hydrogen-bond donors (Lipinski definition) is 1. The number of benzene rings is 2. The van der Waals surface area contributed by atoms with E-state index in [1.54, 1.807) is 24.3 Å². The second-order valence-electron chi connectivity index (χ2n) is 6.02. The summed E-state index contributed by atoms with van der Waals surface area (Å²) in [4.78, 5) is 16.5. The van der Waals surface area contributed by atoms with Crippen LogP contribution < -0.4 is 10.2 Å². The molecular formula is C19H19BrN4O. The highest BCUT2D eigenvalue weighted by Crippen LogP contribution is 2.25. The van der Waals surface area contributed by atoms with E-state index in [4.69, 9.17) is 5.26 Å². The van der Waals surface area contributed by atoms with Crippen LogP contribution in [0.2, 0.25) is 0 Å². The molecule has 0 aromatic heterocycles. The number of halogens is 1. The maximum absolute atomic E-state index is 12.4. The van der Waals surface area contributed by atoms with Gasteiger partial charge in [-0.3, -0.25) is 0 Å². The Bertz CT molecular complexity index is 805. The molecule has 0 spiro atoms. The summed E-state index contributed by atoms with van der Waals surface area (Å²) in [5.74, 6) is 0. The molecular weight excluding hydrogens is 380 g/mol. The quantitative estimate of drug-likeness (QED) is 0.831. The number of nitrogens with one attached hydrogen (secondary N) is 1. The van der Waals surface area contributed by atoms with E-state index in [2.05, 4.69) is 51.3 Å². The highest BCUT2D eigenvalue weighted by molar-refractivity contribution is 9.10. The van der Waals surface area contributed by atoms with Crippen molar-refractivity contribution in [3.8, 4) is 6.07 Å². The molecule has 3 rings (SSSR count). The summed E-state index contributed by atoms with van der Waals surface area (Å²) in [5.41, 5.74) is 3.73. The number of anilines is 2. The smallest absolute Gasteiger partial charge is 0.321 e. The molecule has 0 bridgehead atoms. The van der Waals surface area contributed by atoms with E-state index < -0.39 is 0 Å². The first-order chi connectivity index (χ1) is 12.1. The molecule has 1 aliphatic rings. The van der Waals surface area contributed by atoms with Crippen LogP contribution in [-0.2, 0) is 0 Å². The van der Waals surface area contributed by atoms with Crippen LogP contribution in [0.3, 0.4) is 0 Å². The average Bonchev–Trinajstić information content (AvgIpc) is 2.62. The van der Waals surface area contributed by atoms with Crippen molar-refractivity contribution in [3.05, 3.63) is 58.1 Å². The minimum absolute atomic E-state index is 0.100. The number of hydrogen-bond acceptors (Lipinski definition) is 3. The summed E-state index contributed by atoms with van der Waals surface area (Å²) in [5, 5.41) is 11.7. The predicted octanol–water partition coefficient (Wildman–Crippen LogP) is 3.98. The maximum atomic E-state index is 12.4. The van der Waals surface area contributed by atoms with Crippen LogP contribution in [0.4, 0.5) is 16.2 Å². The number of aryl methyl sites for hydroxylation is 1. The van der Waals surface area contributed by atoms with Crippen LogP contribution >= 0.6 is 15.9 Å². The number of rotatable bonds is 2. The number of carbonyl (C=O) groups excluding carboxylic acids is 1. The van der Waals surface area contributed by atoms with E-state index in [0.717, 1.165) is 17.6 Å². The van der Waals surface area contributed by atoms with Gasteiger partial charge in [-0.05, 0) is 55.0 Å². The molecule has 0 radical (unpaired) electrons. The monoisotopic (exact) mass is 398 g/mol. The molecule has 25 heavy (non-hydrogen) atoms. The third-order valence-electron chi connectivity index (χ3n) is 4.33. The molecule has 5 nitrogen and oxygen atoms in total. The minimum Gasteiger partial charge on any atom is -0.368 e. The molecule has 0 atom stereocenters. The van der Waals surface area contributed by atoms with E-state index >= 15 is 0 Å². The fraction of sp³-hybridized carbons (Fsp3) is 0.263. The summed E-state index contributed by atoms with van der Waals surface area (Å²) in [6, 6.07) is 15.1. The fourth-order valence-electron chi connectivity index (χ4n) is 2.95. The van der Waals surface area contributed by atoms with Crippen molar-refractivity contribution < 1.29 is 4.79 Å². The number of carbonyl (C=O) groups is 1. The molecule has 128 valence electrons. The maximum Gasteiger partial charge on any atom is 0.321 e. The molecule has 0 aliphatic carbocycles. The normalized spacial score (nSPS) is 14.1. The first-order valence-corrected chi connectivity index (χ1v) is 8.93. The van der Waals surface area contributed by atoms with E-state index in [-0.39, 0.29) is 6.03 Å². The van der Waals surface area contributed by atoms with E-state index in [1.165, 1.54) is 11.3 Å². The molecule has 1 aliphatic heterocycles. The van der Waals surface area contributed by atoms with Gasteiger partial charge in [0.2, 0.25) is 0 Å². The zero-order valence-corrected chi connectivity index (χ0v) is 15.6. The average molecular weight is 399 g/mol. The van der Waals surface area contributed by atoms with Gasteiger partial charge in [0.15, 0.2) is 0 Å². The first-order valence-electron chi connectivity index (χ1n) is 8.14. The van der Waals surface area contributed by atoms with Gasteiger partial charge in [-0.25, -0.2) is 4.79 Å². The molecule has 1 N–H and O–H groups in total. The van der Waals surface area contributed by atoms with Crippen LogP contribution in [-0.4, -0.2) is 37.1 Å². The van der Waals surface area contributed by atoms with E-state index in [1.807, 2.05) is 11.0 Å². The van der Waals surface area contributed by atoms with Gasteiger partial charge < -0.3 is 15.1 Å². The van der Waals surface area contributed by atoms with Crippen molar-refractivity contribution >= 4 is 33.3 Å². The Morgan fingerprint density at radius 3 is 2.40 bits per heavy atom. The minimum atomic E-state index is -0.100. The van der Waals surface area contributed by atoms with Crippen molar-refractivity contribution in [1.82, 2.24) is 4.90 Å². The van der Waals surface area contributed by atoms with Gasteiger partial charge in [0.05, 0.1) is 11.6 Å². The molecule has 0 unspecified atom stereocenters. The molecule has 6 heteroatoms. The van der Waals surface area contributed by atoms with Crippen molar-refractivity contribution in [2.75, 3.05) is 36.4 Å². The van der Waals surface area contributed by atoms with Gasteiger partial charge in [0.1, 0.15) is 0 Å². The second-order valence-corrected chi connectivity index (χ2v) is 6.94. The Balaban J connectivity index is 1.57. The number of nitriles is 1.